The number of nitrogens with one attached hydrogen (secondary N) is 1. The molecule has 0 aromatic heterocycles. The fraction of sp³-hybridized carbons (Fsp3) is 0.444. The molecule has 4 nitrogen and oxygen atoms in total. The van der Waals surface area contributed by atoms with Crippen molar-refractivity contribution in [1.82, 2.24) is 10.2 Å². The molecule has 0 radical (unpaired) electrons. The zero-order valence-electron chi connectivity index (χ0n) is 12.8. The standard InChI is InChI=1S/C18H22N2O2/c21-17(19-13-14-7-2-1-3-8-14)16-11-6-12-20(16)18(22)15-9-4-5-10-15/h1-3,7-9,16H,4-6,10-13H2,(H,19,21)/t16-/m0/s1. The predicted molar refractivity (Wildman–Crippen MR) is 85.0 cm³/mol. The van der Waals surface area contributed by atoms with Crippen molar-refractivity contribution in [2.45, 2.75) is 44.7 Å². The summed E-state index contributed by atoms with van der Waals surface area (Å²) < 4.78 is 0. The fourth-order valence-corrected chi connectivity index (χ4v) is 3.23. The van der Waals surface area contributed by atoms with Crippen molar-refractivity contribution >= 4 is 11.8 Å². The first-order valence-corrected chi connectivity index (χ1v) is 8.07. The number of allylic oxidation sites excluding steroid dienone is 1. The highest BCUT2D eigenvalue weighted by molar-refractivity contribution is 5.97. The van der Waals surface area contributed by atoms with Crippen LogP contribution in [0.5, 0.6) is 0 Å². The van der Waals surface area contributed by atoms with E-state index in [9.17, 15) is 9.59 Å². The van der Waals surface area contributed by atoms with Crippen LogP contribution in [0.25, 0.3) is 0 Å². The summed E-state index contributed by atoms with van der Waals surface area (Å²) in [7, 11) is 0. The summed E-state index contributed by atoms with van der Waals surface area (Å²) in [4.78, 5) is 26.7. The van der Waals surface area contributed by atoms with E-state index >= 15 is 0 Å². The predicted octanol–water partition coefficient (Wildman–Crippen LogP) is 2.40. The number of carbonyl (C=O) groups excluding carboxylic acids is 2. The normalized spacial score (nSPS) is 20.8. The van der Waals surface area contributed by atoms with Crippen LogP contribution in [0.3, 0.4) is 0 Å². The summed E-state index contributed by atoms with van der Waals surface area (Å²) in [6.45, 7) is 1.21. The van der Waals surface area contributed by atoms with Crippen LogP contribution in [-0.2, 0) is 16.1 Å². The monoisotopic (exact) mass is 298 g/mol. The molecule has 0 spiro atoms. The minimum Gasteiger partial charge on any atom is -0.350 e. The molecule has 22 heavy (non-hydrogen) atoms. The summed E-state index contributed by atoms with van der Waals surface area (Å²) in [5, 5.41) is 2.96. The third-order valence-electron chi connectivity index (χ3n) is 4.44. The van der Waals surface area contributed by atoms with Gasteiger partial charge in [0.1, 0.15) is 6.04 Å². The van der Waals surface area contributed by atoms with Crippen LogP contribution >= 0.6 is 0 Å². The number of hydrogen-bond acceptors (Lipinski definition) is 2. The molecule has 0 saturated carbocycles. The molecule has 116 valence electrons. The highest BCUT2D eigenvalue weighted by Gasteiger charge is 2.35. The average Bonchev–Trinajstić information content (AvgIpc) is 3.24. The molecule has 1 fully saturated rings. The molecule has 1 aromatic carbocycles. The average molecular weight is 298 g/mol. The van der Waals surface area contributed by atoms with Crippen molar-refractivity contribution in [2.24, 2.45) is 0 Å². The summed E-state index contributed by atoms with van der Waals surface area (Å²) in [5.74, 6) is 0.0307. The van der Waals surface area contributed by atoms with Crippen LogP contribution in [0.2, 0.25) is 0 Å². The summed E-state index contributed by atoms with van der Waals surface area (Å²) in [6, 6.07) is 9.54. The van der Waals surface area contributed by atoms with E-state index in [4.69, 9.17) is 0 Å². The molecule has 1 heterocycles. The van der Waals surface area contributed by atoms with Gasteiger partial charge in [0.2, 0.25) is 11.8 Å². The SMILES string of the molecule is O=C(NCc1ccccc1)[C@@H]1CCCN1C(=O)C1=CCCC1. The molecule has 1 atom stereocenters. The van der Waals surface area contributed by atoms with Gasteiger partial charge in [-0.1, -0.05) is 36.4 Å². The lowest BCUT2D eigenvalue weighted by Crippen LogP contribution is -2.46. The molecule has 3 rings (SSSR count). The van der Waals surface area contributed by atoms with Crippen molar-refractivity contribution in [3.8, 4) is 0 Å². The number of rotatable bonds is 4. The molecule has 1 aliphatic carbocycles. The zero-order chi connectivity index (χ0) is 15.4. The van der Waals surface area contributed by atoms with Gasteiger partial charge in [-0.3, -0.25) is 9.59 Å². The second kappa shape index (κ2) is 6.77. The smallest absolute Gasteiger partial charge is 0.250 e. The van der Waals surface area contributed by atoms with E-state index in [2.05, 4.69) is 5.32 Å². The molecule has 1 aliphatic heterocycles. The quantitative estimate of drug-likeness (QED) is 0.928. The van der Waals surface area contributed by atoms with Gasteiger partial charge in [-0.15, -0.1) is 0 Å². The van der Waals surface area contributed by atoms with Crippen LogP contribution in [0.15, 0.2) is 42.0 Å². The van der Waals surface area contributed by atoms with E-state index in [1.54, 1.807) is 4.90 Å². The third-order valence-corrected chi connectivity index (χ3v) is 4.44. The first-order chi connectivity index (χ1) is 10.8. The Kier molecular flexibility index (Phi) is 4.56. The molecule has 0 bridgehead atoms. The van der Waals surface area contributed by atoms with Gasteiger partial charge >= 0.3 is 0 Å². The molecule has 2 aliphatic rings. The van der Waals surface area contributed by atoms with Gasteiger partial charge in [0.25, 0.3) is 0 Å². The maximum atomic E-state index is 12.5. The van der Waals surface area contributed by atoms with E-state index in [1.807, 2.05) is 36.4 Å². The molecule has 0 unspecified atom stereocenters. The van der Waals surface area contributed by atoms with E-state index in [1.165, 1.54) is 0 Å². The Bertz CT molecular complexity index is 580. The van der Waals surface area contributed by atoms with Gasteiger partial charge in [-0.05, 0) is 37.7 Å². The number of carbonyl (C=O) groups is 2. The van der Waals surface area contributed by atoms with Crippen LogP contribution in [0.1, 0.15) is 37.7 Å². The number of hydrogen-bond donors (Lipinski definition) is 1. The van der Waals surface area contributed by atoms with Gasteiger partial charge in [0.05, 0.1) is 0 Å². The lowest BCUT2D eigenvalue weighted by atomic mass is 10.1. The molecular weight excluding hydrogens is 276 g/mol. The number of nitrogens with zero attached hydrogens (tertiary/aromatic N) is 1. The third kappa shape index (κ3) is 3.21. The molecule has 1 aromatic rings. The van der Waals surface area contributed by atoms with Gasteiger partial charge in [-0.25, -0.2) is 0 Å². The lowest BCUT2D eigenvalue weighted by molar-refractivity contribution is -0.135. The van der Waals surface area contributed by atoms with E-state index in [0.717, 1.165) is 43.2 Å². The van der Waals surface area contributed by atoms with Crippen molar-refractivity contribution < 1.29 is 9.59 Å². The summed E-state index contributed by atoms with van der Waals surface area (Å²) in [5.41, 5.74) is 1.97. The Balaban J connectivity index is 1.60. The summed E-state index contributed by atoms with van der Waals surface area (Å²) >= 11 is 0. The first-order valence-electron chi connectivity index (χ1n) is 8.07. The Labute approximate surface area is 131 Å². The fourth-order valence-electron chi connectivity index (χ4n) is 3.23. The van der Waals surface area contributed by atoms with Crippen LogP contribution in [-0.4, -0.2) is 29.3 Å². The van der Waals surface area contributed by atoms with Gasteiger partial charge in [0.15, 0.2) is 0 Å². The van der Waals surface area contributed by atoms with E-state index < -0.39 is 0 Å². The second-order valence-corrected chi connectivity index (χ2v) is 5.98. The van der Waals surface area contributed by atoms with Crippen LogP contribution in [0, 0.1) is 0 Å². The Hall–Kier alpha value is -2.10. The zero-order valence-corrected chi connectivity index (χ0v) is 12.8. The largest absolute Gasteiger partial charge is 0.350 e. The van der Waals surface area contributed by atoms with Crippen LogP contribution < -0.4 is 5.32 Å². The highest BCUT2D eigenvalue weighted by Crippen LogP contribution is 2.25. The van der Waals surface area contributed by atoms with Crippen LogP contribution in [0.4, 0.5) is 0 Å². The van der Waals surface area contributed by atoms with Crippen molar-refractivity contribution in [2.75, 3.05) is 6.54 Å². The van der Waals surface area contributed by atoms with Crippen molar-refractivity contribution in [3.63, 3.8) is 0 Å². The van der Waals surface area contributed by atoms with E-state index in [-0.39, 0.29) is 17.9 Å². The second-order valence-electron chi connectivity index (χ2n) is 5.98. The highest BCUT2D eigenvalue weighted by atomic mass is 16.2. The number of likely N-dealkylation sites (tertiary alicyclic amines) is 1. The molecule has 1 saturated heterocycles. The lowest BCUT2D eigenvalue weighted by Gasteiger charge is -2.24. The minimum atomic E-state index is -0.308. The van der Waals surface area contributed by atoms with Gasteiger partial charge < -0.3 is 10.2 Å². The molecule has 4 heteroatoms. The Morgan fingerprint density at radius 1 is 1.18 bits per heavy atom. The maximum Gasteiger partial charge on any atom is 0.250 e. The molecular formula is C18H22N2O2. The maximum absolute atomic E-state index is 12.5. The summed E-state index contributed by atoms with van der Waals surface area (Å²) in [6.07, 6.45) is 6.59. The van der Waals surface area contributed by atoms with Gasteiger partial charge in [-0.2, -0.15) is 0 Å². The number of benzene rings is 1. The van der Waals surface area contributed by atoms with E-state index in [0.29, 0.717) is 13.1 Å². The first kappa shape index (κ1) is 14.8. The topological polar surface area (TPSA) is 49.4 Å². The van der Waals surface area contributed by atoms with Crippen molar-refractivity contribution in [3.05, 3.63) is 47.5 Å². The molecule has 1 N–H and O–H groups in total. The Morgan fingerprint density at radius 2 is 2.00 bits per heavy atom. The van der Waals surface area contributed by atoms with Gasteiger partial charge in [0, 0.05) is 18.7 Å². The minimum absolute atomic E-state index is 0.0340. The molecule has 2 amide bonds. The number of amides is 2. The van der Waals surface area contributed by atoms with Crippen molar-refractivity contribution in [1.29, 1.82) is 0 Å². The Morgan fingerprint density at radius 3 is 2.73 bits per heavy atom.